The Bertz CT molecular complexity index is 996. The quantitative estimate of drug-likeness (QED) is 0.339. The molecule has 0 bridgehead atoms. The first-order chi connectivity index (χ1) is 15.4. The highest BCUT2D eigenvalue weighted by atomic mass is 16.5. The summed E-state index contributed by atoms with van der Waals surface area (Å²) in [5, 5.41) is 0. The number of carbonyl (C=O) groups is 2. The third kappa shape index (κ3) is 2.86. The minimum absolute atomic E-state index is 0.0721. The van der Waals surface area contributed by atoms with Gasteiger partial charge in [0.25, 0.3) is 0 Å². The van der Waals surface area contributed by atoms with Crippen LogP contribution in [0.1, 0.15) is 99.3 Å². The van der Waals surface area contributed by atoms with Gasteiger partial charge in [0, 0.05) is 22.8 Å². The fraction of sp³-hybridized carbons (Fsp3) is 0.733. The van der Waals surface area contributed by atoms with Gasteiger partial charge in [-0.1, -0.05) is 57.9 Å². The molecule has 0 N–H and O–H groups in total. The van der Waals surface area contributed by atoms with Gasteiger partial charge in [0.1, 0.15) is 11.9 Å². The van der Waals surface area contributed by atoms with Crippen molar-refractivity contribution in [2.45, 2.75) is 105 Å². The molecule has 0 aromatic carbocycles. The van der Waals surface area contributed by atoms with Crippen LogP contribution in [0.2, 0.25) is 0 Å². The Balaban J connectivity index is 1.53. The van der Waals surface area contributed by atoms with E-state index in [0.29, 0.717) is 17.6 Å². The van der Waals surface area contributed by atoms with Gasteiger partial charge in [0.05, 0.1) is 0 Å². The molecule has 2 saturated carbocycles. The lowest BCUT2D eigenvalue weighted by Crippen LogP contribution is -2.50. The van der Waals surface area contributed by atoms with Crippen LogP contribution in [0.4, 0.5) is 0 Å². The van der Waals surface area contributed by atoms with Gasteiger partial charge in [0.2, 0.25) is 0 Å². The molecule has 33 heavy (non-hydrogen) atoms. The van der Waals surface area contributed by atoms with Crippen molar-refractivity contribution in [1.82, 2.24) is 0 Å². The molecule has 0 aromatic heterocycles. The predicted molar refractivity (Wildman–Crippen MR) is 131 cm³/mol. The summed E-state index contributed by atoms with van der Waals surface area (Å²) in [5.74, 6) is 1.18. The van der Waals surface area contributed by atoms with Crippen LogP contribution in [0.15, 0.2) is 34.9 Å². The van der Waals surface area contributed by atoms with E-state index >= 15 is 0 Å². The van der Waals surface area contributed by atoms with Crippen LogP contribution >= 0.6 is 0 Å². The smallest absolute Gasteiger partial charge is 0.334 e. The zero-order valence-corrected chi connectivity index (χ0v) is 21.6. The van der Waals surface area contributed by atoms with Gasteiger partial charge in [-0.05, 0) is 87.0 Å². The number of ketones is 1. The van der Waals surface area contributed by atoms with Gasteiger partial charge in [0.15, 0.2) is 0 Å². The molecule has 180 valence electrons. The van der Waals surface area contributed by atoms with E-state index in [0.717, 1.165) is 56.9 Å². The maximum absolute atomic E-state index is 12.8. The maximum Gasteiger partial charge on any atom is 0.334 e. The van der Waals surface area contributed by atoms with Crippen LogP contribution < -0.4 is 0 Å². The van der Waals surface area contributed by atoms with Crippen LogP contribution in [0.25, 0.3) is 0 Å². The highest BCUT2D eigenvalue weighted by Crippen LogP contribution is 2.73. The summed E-state index contributed by atoms with van der Waals surface area (Å²) in [6.45, 7) is 18.3. The Labute approximate surface area is 200 Å². The van der Waals surface area contributed by atoms with Crippen molar-refractivity contribution in [3.63, 3.8) is 0 Å². The molecule has 0 unspecified atom stereocenters. The number of esters is 1. The van der Waals surface area contributed by atoms with Crippen LogP contribution in [0, 0.1) is 33.5 Å². The summed E-state index contributed by atoms with van der Waals surface area (Å²) in [7, 11) is 0. The highest BCUT2D eigenvalue weighted by Gasteiger charge is 2.64. The molecule has 1 aliphatic heterocycles. The number of ether oxygens (including phenoxy) is 1. The van der Waals surface area contributed by atoms with E-state index in [1.54, 1.807) is 11.1 Å². The van der Waals surface area contributed by atoms with Crippen molar-refractivity contribution in [2.24, 2.45) is 33.5 Å². The number of hydrogen-bond donors (Lipinski definition) is 0. The Morgan fingerprint density at radius 1 is 1.03 bits per heavy atom. The number of hydrogen-bond acceptors (Lipinski definition) is 3. The third-order valence-electron chi connectivity index (χ3n) is 11.4. The van der Waals surface area contributed by atoms with Crippen LogP contribution in [-0.2, 0) is 14.3 Å². The Hall–Kier alpha value is -1.64. The highest BCUT2D eigenvalue weighted by molar-refractivity contribution is 5.90. The van der Waals surface area contributed by atoms with Crippen molar-refractivity contribution in [3.05, 3.63) is 34.9 Å². The molecule has 0 saturated heterocycles. The normalized spacial score (nSPS) is 43.0. The van der Waals surface area contributed by atoms with Gasteiger partial charge in [-0.3, -0.25) is 4.79 Å². The van der Waals surface area contributed by atoms with Gasteiger partial charge >= 0.3 is 5.97 Å². The summed E-state index contributed by atoms with van der Waals surface area (Å²) >= 11 is 0. The fourth-order valence-corrected chi connectivity index (χ4v) is 9.32. The summed E-state index contributed by atoms with van der Waals surface area (Å²) in [6, 6.07) is 0. The third-order valence-corrected chi connectivity index (χ3v) is 11.4. The van der Waals surface area contributed by atoms with Crippen LogP contribution in [0.3, 0.4) is 0 Å². The van der Waals surface area contributed by atoms with E-state index in [-0.39, 0.29) is 33.7 Å². The zero-order chi connectivity index (χ0) is 24.0. The first-order valence-electron chi connectivity index (χ1n) is 13.2. The average molecular weight is 451 g/mol. The minimum Gasteiger partial charge on any atom is -0.455 e. The van der Waals surface area contributed by atoms with Crippen molar-refractivity contribution < 1.29 is 14.3 Å². The predicted octanol–water partition coefficient (Wildman–Crippen LogP) is 7.12. The summed E-state index contributed by atoms with van der Waals surface area (Å²) in [4.78, 5) is 24.8. The lowest BCUT2D eigenvalue weighted by molar-refractivity contribution is -0.140. The topological polar surface area (TPSA) is 43.4 Å². The number of fused-ring (bicyclic) bond motifs is 3. The molecule has 1 spiro atoms. The van der Waals surface area contributed by atoms with E-state index in [4.69, 9.17) is 11.3 Å². The van der Waals surface area contributed by atoms with Gasteiger partial charge in [-0.2, -0.15) is 0 Å². The number of cyclic esters (lactones) is 1. The molecule has 3 heteroatoms. The Morgan fingerprint density at radius 3 is 2.42 bits per heavy atom. The zero-order valence-electron chi connectivity index (χ0n) is 21.6. The van der Waals surface area contributed by atoms with E-state index in [9.17, 15) is 9.59 Å². The van der Waals surface area contributed by atoms with Gasteiger partial charge in [-0.15, -0.1) is 0 Å². The molecule has 3 nitrogen and oxygen atoms in total. The number of Topliss-reactive ketones (excluding diaryl/α,β-unsaturated/α-hetero) is 1. The molecule has 1 heterocycles. The lowest BCUT2D eigenvalue weighted by atomic mass is 9.48. The molecule has 0 radical (unpaired) electrons. The molecule has 2 fully saturated rings. The number of rotatable bonds is 3. The summed E-state index contributed by atoms with van der Waals surface area (Å²) in [6.07, 6.45) is 11.4. The van der Waals surface area contributed by atoms with E-state index in [1.165, 1.54) is 12.0 Å². The molecule has 4 aliphatic carbocycles. The lowest BCUT2D eigenvalue weighted by Gasteiger charge is -2.55. The minimum atomic E-state index is -0.221. The molecular formula is C30H42O3. The van der Waals surface area contributed by atoms with Crippen molar-refractivity contribution in [3.8, 4) is 0 Å². The summed E-state index contributed by atoms with van der Waals surface area (Å²) < 4.78 is 5.66. The molecule has 5 rings (SSSR count). The second-order valence-corrected chi connectivity index (χ2v) is 13.0. The number of carbonyl (C=O) groups excluding carboxylic acids is 2. The SMILES string of the molecule is C=C1CC[C@@](C)([C@H](C)C[C@@H]2C=C(C)C(=O)O2)[C@@]12CCC1=C2CC[C@H]2C(C)(C)C(=O)CC[C@]12C. The van der Waals surface area contributed by atoms with E-state index < -0.39 is 0 Å². The summed E-state index contributed by atoms with van der Waals surface area (Å²) in [5.41, 5.74) is 5.68. The Kier molecular flexibility index (Phi) is 5.03. The first-order valence-corrected chi connectivity index (χ1v) is 13.2. The molecule has 6 atom stereocenters. The molecule has 0 amide bonds. The van der Waals surface area contributed by atoms with Crippen LogP contribution in [-0.4, -0.2) is 17.9 Å². The van der Waals surface area contributed by atoms with Gasteiger partial charge in [-0.25, -0.2) is 4.79 Å². The van der Waals surface area contributed by atoms with Crippen molar-refractivity contribution in [1.29, 1.82) is 0 Å². The largest absolute Gasteiger partial charge is 0.455 e. The fourth-order valence-electron chi connectivity index (χ4n) is 9.32. The molecular weight excluding hydrogens is 408 g/mol. The second kappa shape index (κ2) is 7.18. The second-order valence-electron chi connectivity index (χ2n) is 13.0. The van der Waals surface area contributed by atoms with Crippen molar-refractivity contribution >= 4 is 11.8 Å². The molecule has 5 aliphatic rings. The first kappa shape index (κ1) is 23.1. The monoisotopic (exact) mass is 450 g/mol. The standard InChI is InChI=1S/C30H42O3/c1-18-16-21(33-26(18)32)17-20(3)29(7)14-10-19(2)30(29)15-11-22-23(30)8-9-24-27(4,5)25(31)12-13-28(22,24)6/h16,20-21,24H,2,8-15,17H2,1,3-7H3/t20-,21+,24+,28-,29+,30+/m1/s1. The Morgan fingerprint density at radius 2 is 1.76 bits per heavy atom. The van der Waals surface area contributed by atoms with Crippen molar-refractivity contribution in [2.75, 3.05) is 0 Å². The maximum atomic E-state index is 12.8. The van der Waals surface area contributed by atoms with E-state index in [1.807, 2.05) is 13.0 Å². The average Bonchev–Trinajstić information content (AvgIpc) is 3.38. The molecule has 0 aromatic rings. The van der Waals surface area contributed by atoms with E-state index in [2.05, 4.69) is 34.6 Å². The van der Waals surface area contributed by atoms with Gasteiger partial charge < -0.3 is 4.74 Å². The number of allylic oxidation sites excluding steroid dienone is 3. The van der Waals surface area contributed by atoms with Crippen LogP contribution in [0.5, 0.6) is 0 Å².